The number of hydrogen-bond acceptors (Lipinski definition) is 6. The number of hydrogen-bond donors (Lipinski definition) is 0. The fourth-order valence-corrected chi connectivity index (χ4v) is 3.98. The second kappa shape index (κ2) is 7.85. The minimum atomic E-state index is -0.208. The first-order chi connectivity index (χ1) is 13.7. The topological polar surface area (TPSA) is 69.0 Å². The fraction of sp³-hybridized carbons (Fsp3) is 0.250. The fourth-order valence-electron chi connectivity index (χ4n) is 3.26. The third-order valence-corrected chi connectivity index (χ3v) is 5.54. The van der Waals surface area contributed by atoms with Gasteiger partial charge < -0.3 is 9.47 Å². The van der Waals surface area contributed by atoms with Crippen LogP contribution in [0, 0.1) is 0 Å². The van der Waals surface area contributed by atoms with E-state index in [9.17, 15) is 4.79 Å². The molecule has 0 spiro atoms. The van der Waals surface area contributed by atoms with Gasteiger partial charge in [0.25, 0.3) is 5.91 Å². The number of carbonyl (C=O) groups excluding carboxylic acids is 1. The lowest BCUT2D eigenvalue weighted by Crippen LogP contribution is -2.30. The van der Waals surface area contributed by atoms with E-state index >= 15 is 0 Å². The molecule has 4 rings (SSSR count). The van der Waals surface area contributed by atoms with Crippen LogP contribution in [0.2, 0.25) is 0 Å². The van der Waals surface area contributed by atoms with E-state index in [-0.39, 0.29) is 18.5 Å². The quantitative estimate of drug-likeness (QED) is 0.641. The van der Waals surface area contributed by atoms with Gasteiger partial charge in [-0.3, -0.25) is 9.48 Å². The minimum Gasteiger partial charge on any atom is -0.493 e. The first-order valence-corrected chi connectivity index (χ1v) is 9.70. The monoisotopic (exact) mass is 396 g/mol. The van der Waals surface area contributed by atoms with Gasteiger partial charge in [-0.2, -0.15) is 10.2 Å². The summed E-state index contributed by atoms with van der Waals surface area (Å²) in [4.78, 5) is 14.1. The van der Waals surface area contributed by atoms with Gasteiger partial charge in [-0.25, -0.2) is 5.01 Å². The zero-order valence-electron chi connectivity index (χ0n) is 15.6. The summed E-state index contributed by atoms with van der Waals surface area (Å²) in [5, 5.41) is 12.4. The molecule has 0 aliphatic carbocycles. The van der Waals surface area contributed by atoms with Crippen molar-refractivity contribution in [2.75, 3.05) is 14.2 Å². The van der Waals surface area contributed by atoms with E-state index in [1.165, 1.54) is 0 Å². The minimum absolute atomic E-state index is 0.116. The molecule has 0 bridgehead atoms. The van der Waals surface area contributed by atoms with Crippen molar-refractivity contribution in [3.05, 3.63) is 64.6 Å². The number of ether oxygens (including phenoxy) is 2. The molecule has 0 N–H and O–H groups in total. The molecule has 0 saturated carbocycles. The molecule has 1 unspecified atom stereocenters. The van der Waals surface area contributed by atoms with Crippen LogP contribution in [0.25, 0.3) is 0 Å². The number of aromatic nitrogens is 2. The smallest absolute Gasteiger partial charge is 0.264 e. The summed E-state index contributed by atoms with van der Waals surface area (Å²) >= 11 is 1.62. The predicted octanol–water partition coefficient (Wildman–Crippen LogP) is 3.34. The Morgan fingerprint density at radius 1 is 1.21 bits per heavy atom. The third kappa shape index (κ3) is 3.50. The van der Waals surface area contributed by atoms with Crippen LogP contribution in [0.5, 0.6) is 11.5 Å². The number of thiophene rings is 1. The Morgan fingerprint density at radius 3 is 2.75 bits per heavy atom. The second-order valence-corrected chi connectivity index (χ2v) is 7.25. The van der Waals surface area contributed by atoms with Crippen molar-refractivity contribution in [3.63, 3.8) is 0 Å². The Hall–Kier alpha value is -3.13. The summed E-state index contributed by atoms with van der Waals surface area (Å²) in [6, 6.07) is 11.3. The van der Waals surface area contributed by atoms with Gasteiger partial charge in [-0.1, -0.05) is 12.1 Å². The van der Waals surface area contributed by atoms with Crippen molar-refractivity contribution in [3.8, 4) is 11.5 Å². The highest BCUT2D eigenvalue weighted by atomic mass is 32.1. The predicted molar refractivity (Wildman–Crippen MR) is 107 cm³/mol. The Morgan fingerprint density at radius 2 is 2.07 bits per heavy atom. The number of amides is 1. The van der Waals surface area contributed by atoms with Crippen LogP contribution >= 0.6 is 11.3 Å². The molecule has 0 radical (unpaired) electrons. The van der Waals surface area contributed by atoms with E-state index in [0.29, 0.717) is 17.9 Å². The van der Waals surface area contributed by atoms with Crippen molar-refractivity contribution >= 4 is 23.0 Å². The van der Waals surface area contributed by atoms with E-state index in [2.05, 4.69) is 10.2 Å². The summed E-state index contributed by atoms with van der Waals surface area (Å²) in [6.07, 6.45) is 4.06. The van der Waals surface area contributed by atoms with Crippen LogP contribution in [-0.2, 0) is 11.3 Å². The molecule has 7 nitrogen and oxygen atoms in total. The number of methoxy groups -OCH3 is 2. The molecule has 8 heteroatoms. The van der Waals surface area contributed by atoms with Crippen molar-refractivity contribution in [2.24, 2.45) is 5.10 Å². The second-order valence-electron chi connectivity index (χ2n) is 6.30. The number of rotatable bonds is 6. The van der Waals surface area contributed by atoms with Gasteiger partial charge in [-0.15, -0.1) is 11.3 Å². The zero-order chi connectivity index (χ0) is 19.5. The number of hydrazone groups is 1. The first kappa shape index (κ1) is 18.2. The summed E-state index contributed by atoms with van der Waals surface area (Å²) in [5.74, 6) is 1.16. The van der Waals surface area contributed by atoms with E-state index < -0.39 is 0 Å². The Kier molecular flexibility index (Phi) is 5.12. The van der Waals surface area contributed by atoms with Crippen LogP contribution in [0.15, 0.2) is 59.3 Å². The lowest BCUT2D eigenvalue weighted by Gasteiger charge is -2.23. The summed E-state index contributed by atoms with van der Waals surface area (Å²) < 4.78 is 12.4. The van der Waals surface area contributed by atoms with Crippen molar-refractivity contribution in [1.82, 2.24) is 14.8 Å². The van der Waals surface area contributed by atoms with Crippen LogP contribution in [-0.4, -0.2) is 40.6 Å². The molecule has 1 atom stereocenters. The maximum atomic E-state index is 13.0. The molecule has 28 heavy (non-hydrogen) atoms. The Bertz CT molecular complexity index is 983. The average molecular weight is 396 g/mol. The van der Waals surface area contributed by atoms with Gasteiger partial charge in [0.15, 0.2) is 11.5 Å². The third-order valence-electron chi connectivity index (χ3n) is 4.62. The van der Waals surface area contributed by atoms with Gasteiger partial charge in [0.1, 0.15) is 6.54 Å². The molecule has 2 aromatic heterocycles. The number of benzene rings is 1. The zero-order valence-corrected chi connectivity index (χ0v) is 16.4. The molecule has 1 amide bonds. The van der Waals surface area contributed by atoms with E-state index in [4.69, 9.17) is 9.47 Å². The molecular formula is C20H20N4O3S. The molecule has 1 aromatic carbocycles. The Labute approximate surface area is 166 Å². The molecular weight excluding hydrogens is 376 g/mol. The molecule has 0 fully saturated rings. The van der Waals surface area contributed by atoms with Gasteiger partial charge in [-0.05, 0) is 35.2 Å². The standard InChI is InChI=1S/C20H20N4O3S/c1-26-17-7-6-14(11-18(17)27-2)16-12-15(19-5-3-10-28-19)22-24(16)20(25)13-23-9-4-8-21-23/h3-11,16H,12-13H2,1-2H3. The van der Waals surface area contributed by atoms with Gasteiger partial charge >= 0.3 is 0 Å². The van der Waals surface area contributed by atoms with Gasteiger partial charge in [0.2, 0.25) is 0 Å². The highest BCUT2D eigenvalue weighted by Crippen LogP contribution is 2.37. The first-order valence-electron chi connectivity index (χ1n) is 8.82. The number of nitrogens with zero attached hydrogens (tertiary/aromatic N) is 4. The van der Waals surface area contributed by atoms with Crippen LogP contribution < -0.4 is 9.47 Å². The summed E-state index contributed by atoms with van der Waals surface area (Å²) in [7, 11) is 3.20. The van der Waals surface area contributed by atoms with Crippen LogP contribution in [0.3, 0.4) is 0 Å². The largest absolute Gasteiger partial charge is 0.493 e. The molecule has 144 valence electrons. The molecule has 3 heterocycles. The van der Waals surface area contributed by atoms with Crippen molar-refractivity contribution in [2.45, 2.75) is 19.0 Å². The van der Waals surface area contributed by atoms with Crippen LogP contribution in [0.4, 0.5) is 0 Å². The molecule has 0 saturated heterocycles. The lowest BCUT2D eigenvalue weighted by atomic mass is 10.0. The van der Waals surface area contributed by atoms with Gasteiger partial charge in [0.05, 0.1) is 30.9 Å². The van der Waals surface area contributed by atoms with Gasteiger partial charge in [0, 0.05) is 18.8 Å². The summed E-state index contributed by atoms with van der Waals surface area (Å²) in [5.41, 5.74) is 1.85. The lowest BCUT2D eigenvalue weighted by molar-refractivity contribution is -0.133. The van der Waals surface area contributed by atoms with Crippen molar-refractivity contribution < 1.29 is 14.3 Å². The van der Waals surface area contributed by atoms with E-state index in [0.717, 1.165) is 16.2 Å². The maximum Gasteiger partial charge on any atom is 0.264 e. The van der Waals surface area contributed by atoms with Crippen molar-refractivity contribution in [1.29, 1.82) is 0 Å². The maximum absolute atomic E-state index is 13.0. The molecule has 1 aliphatic heterocycles. The number of carbonyl (C=O) groups is 1. The SMILES string of the molecule is COc1ccc(C2CC(c3cccs3)=NN2C(=O)Cn2cccn2)cc1OC. The van der Waals surface area contributed by atoms with Crippen LogP contribution in [0.1, 0.15) is 22.9 Å². The van der Waals surface area contributed by atoms with E-state index in [1.807, 2.05) is 35.7 Å². The van der Waals surface area contributed by atoms with E-state index in [1.54, 1.807) is 53.7 Å². The molecule has 1 aliphatic rings. The summed E-state index contributed by atoms with van der Waals surface area (Å²) in [6.45, 7) is 0.137. The normalized spacial score (nSPS) is 16.1. The average Bonchev–Trinajstić information content (AvgIpc) is 3.48. The highest BCUT2D eigenvalue weighted by Gasteiger charge is 2.34. The highest BCUT2D eigenvalue weighted by molar-refractivity contribution is 7.12. The Balaban J connectivity index is 1.67. The molecule has 3 aromatic rings.